The smallest absolute Gasteiger partial charge is 0.270 e. The third-order valence-electron chi connectivity index (χ3n) is 4.23. The van der Waals surface area contributed by atoms with Gasteiger partial charge in [-0.15, -0.1) is 0 Å². The zero-order valence-corrected chi connectivity index (χ0v) is 15.3. The fourth-order valence-electron chi connectivity index (χ4n) is 2.79. The van der Waals surface area contributed by atoms with Gasteiger partial charge in [0.1, 0.15) is 5.82 Å². The van der Waals surface area contributed by atoms with Crippen LogP contribution in [0.1, 0.15) is 32.1 Å². The van der Waals surface area contributed by atoms with Gasteiger partial charge in [-0.1, -0.05) is 18.2 Å². The molecule has 0 saturated carbocycles. The maximum Gasteiger partial charge on any atom is 0.270 e. The summed E-state index contributed by atoms with van der Waals surface area (Å²) in [6, 6.07) is 13.2. The number of carbonyl (C=O) groups excluding carboxylic acids is 2. The Morgan fingerprint density at radius 1 is 1.04 bits per heavy atom. The van der Waals surface area contributed by atoms with Crippen LogP contribution in [0.25, 0.3) is 0 Å². The number of carbonyl (C=O) groups is 2. The lowest BCUT2D eigenvalue weighted by atomic mass is 10.1. The summed E-state index contributed by atoms with van der Waals surface area (Å²) in [5.74, 6) is -2.52. The fraction of sp³-hybridized carbons (Fsp3) is 0.143. The number of benzene rings is 2. The third kappa shape index (κ3) is 4.09. The second-order valence-corrected chi connectivity index (χ2v) is 6.21. The number of hydrogen-bond donors (Lipinski definition) is 1. The molecule has 0 atom stereocenters. The van der Waals surface area contributed by atoms with E-state index in [-0.39, 0.29) is 11.7 Å². The Morgan fingerprint density at radius 3 is 2.43 bits per heavy atom. The van der Waals surface area contributed by atoms with Gasteiger partial charge >= 0.3 is 0 Å². The summed E-state index contributed by atoms with van der Waals surface area (Å²) in [4.78, 5) is 24.9. The van der Waals surface area contributed by atoms with Crippen LogP contribution in [0, 0.1) is 25.5 Å². The SMILES string of the molecule is Cc1cc(C(=O)COc2ccc(F)cc2F)c(C)n1NC(=O)c1ccccc1. The lowest BCUT2D eigenvalue weighted by molar-refractivity contribution is 0.0916. The molecule has 3 rings (SSSR count). The van der Waals surface area contributed by atoms with Crippen LogP contribution in [0.3, 0.4) is 0 Å². The van der Waals surface area contributed by atoms with Crippen molar-refractivity contribution in [3.63, 3.8) is 0 Å². The van der Waals surface area contributed by atoms with E-state index in [1.165, 1.54) is 4.68 Å². The van der Waals surface area contributed by atoms with Gasteiger partial charge in [0, 0.05) is 28.6 Å². The molecule has 0 bridgehead atoms. The molecule has 0 saturated heterocycles. The number of nitrogens with one attached hydrogen (secondary N) is 1. The molecular formula is C21H18F2N2O3. The lowest BCUT2D eigenvalue weighted by Crippen LogP contribution is -2.25. The van der Waals surface area contributed by atoms with Crippen LogP contribution in [0.4, 0.5) is 8.78 Å². The monoisotopic (exact) mass is 384 g/mol. The molecule has 0 spiro atoms. The second-order valence-electron chi connectivity index (χ2n) is 6.21. The highest BCUT2D eigenvalue weighted by Gasteiger charge is 2.18. The van der Waals surface area contributed by atoms with Gasteiger partial charge in [-0.2, -0.15) is 0 Å². The lowest BCUT2D eigenvalue weighted by Gasteiger charge is -2.12. The number of ketones is 1. The average molecular weight is 384 g/mol. The standard InChI is InChI=1S/C21H18F2N2O3/c1-13-10-17(19(26)12-28-20-9-8-16(22)11-18(20)23)14(2)25(13)24-21(27)15-6-4-3-5-7-15/h3-11H,12H2,1-2H3,(H,24,27). The minimum atomic E-state index is -0.881. The van der Waals surface area contributed by atoms with Crippen molar-refractivity contribution in [3.05, 3.63) is 88.7 Å². The van der Waals surface area contributed by atoms with Crippen molar-refractivity contribution in [3.8, 4) is 5.75 Å². The quantitative estimate of drug-likeness (QED) is 0.653. The number of aromatic nitrogens is 1. The minimum absolute atomic E-state index is 0.207. The van der Waals surface area contributed by atoms with Crippen molar-refractivity contribution >= 4 is 11.7 Å². The van der Waals surface area contributed by atoms with Crippen LogP contribution < -0.4 is 10.2 Å². The Bertz CT molecular complexity index is 1030. The molecule has 1 heterocycles. The van der Waals surface area contributed by atoms with E-state index in [1.807, 2.05) is 6.07 Å². The molecule has 28 heavy (non-hydrogen) atoms. The van der Waals surface area contributed by atoms with Crippen molar-refractivity contribution in [2.45, 2.75) is 13.8 Å². The van der Waals surface area contributed by atoms with Crippen LogP contribution in [0.5, 0.6) is 5.75 Å². The van der Waals surface area contributed by atoms with Crippen molar-refractivity contribution in [2.75, 3.05) is 12.0 Å². The minimum Gasteiger partial charge on any atom is -0.482 e. The van der Waals surface area contributed by atoms with Crippen LogP contribution >= 0.6 is 0 Å². The number of rotatable bonds is 6. The first-order valence-electron chi connectivity index (χ1n) is 8.53. The Morgan fingerprint density at radius 2 is 1.75 bits per heavy atom. The summed E-state index contributed by atoms with van der Waals surface area (Å²) < 4.78 is 33.3. The van der Waals surface area contributed by atoms with Crippen LogP contribution in [0.15, 0.2) is 54.6 Å². The summed E-state index contributed by atoms with van der Waals surface area (Å²) in [7, 11) is 0. The molecule has 1 aromatic heterocycles. The molecule has 0 unspecified atom stereocenters. The predicted octanol–water partition coefficient (Wildman–Crippen LogP) is 4.03. The highest BCUT2D eigenvalue weighted by molar-refractivity contribution is 6.01. The topological polar surface area (TPSA) is 60.3 Å². The van der Waals surface area contributed by atoms with E-state index in [0.717, 1.165) is 12.1 Å². The van der Waals surface area contributed by atoms with E-state index in [1.54, 1.807) is 44.2 Å². The number of Topliss-reactive ketones (excluding diaryl/α,β-unsaturated/α-hetero) is 1. The number of halogens is 2. The molecule has 0 aliphatic rings. The average Bonchev–Trinajstić information content (AvgIpc) is 2.96. The van der Waals surface area contributed by atoms with Crippen LogP contribution in [-0.4, -0.2) is 23.0 Å². The largest absolute Gasteiger partial charge is 0.482 e. The Kier molecular flexibility index (Phi) is 5.54. The highest BCUT2D eigenvalue weighted by Crippen LogP contribution is 2.19. The maximum atomic E-state index is 13.6. The van der Waals surface area contributed by atoms with E-state index in [4.69, 9.17) is 4.74 Å². The van der Waals surface area contributed by atoms with E-state index in [2.05, 4.69) is 5.43 Å². The normalized spacial score (nSPS) is 10.6. The molecule has 0 aliphatic carbocycles. The van der Waals surface area contributed by atoms with Gasteiger partial charge in [-0.05, 0) is 44.2 Å². The van der Waals surface area contributed by atoms with Crippen molar-refractivity contribution < 1.29 is 23.1 Å². The molecule has 3 aromatic rings. The summed E-state index contributed by atoms with van der Waals surface area (Å²) in [6.07, 6.45) is 0. The van der Waals surface area contributed by atoms with Crippen molar-refractivity contribution in [2.24, 2.45) is 0 Å². The predicted molar refractivity (Wildman–Crippen MR) is 100 cm³/mol. The first-order valence-corrected chi connectivity index (χ1v) is 8.53. The first kappa shape index (κ1) is 19.3. The molecule has 7 heteroatoms. The van der Waals surface area contributed by atoms with Gasteiger partial charge < -0.3 is 4.74 Å². The molecule has 2 aromatic carbocycles. The molecule has 5 nitrogen and oxygen atoms in total. The zero-order chi connectivity index (χ0) is 20.3. The Hall–Kier alpha value is -3.48. The van der Waals surface area contributed by atoms with E-state index in [0.29, 0.717) is 28.6 Å². The first-order chi connectivity index (χ1) is 13.4. The van der Waals surface area contributed by atoms with Crippen molar-refractivity contribution in [1.82, 2.24) is 4.68 Å². The van der Waals surface area contributed by atoms with Gasteiger partial charge in [-0.3, -0.25) is 19.7 Å². The van der Waals surface area contributed by atoms with Gasteiger partial charge in [0.25, 0.3) is 5.91 Å². The summed E-state index contributed by atoms with van der Waals surface area (Å²) >= 11 is 0. The Labute approximate surface area is 160 Å². The number of ether oxygens (including phenoxy) is 1. The van der Waals surface area contributed by atoms with E-state index in [9.17, 15) is 18.4 Å². The number of nitrogens with zero attached hydrogens (tertiary/aromatic N) is 1. The maximum absolute atomic E-state index is 13.6. The summed E-state index contributed by atoms with van der Waals surface area (Å²) in [6.45, 7) is 3.01. The molecule has 1 N–H and O–H groups in total. The molecular weight excluding hydrogens is 366 g/mol. The number of amides is 1. The third-order valence-corrected chi connectivity index (χ3v) is 4.23. The number of hydrogen-bond acceptors (Lipinski definition) is 3. The molecule has 0 aliphatic heterocycles. The molecule has 1 amide bonds. The number of aryl methyl sites for hydroxylation is 1. The van der Waals surface area contributed by atoms with Gasteiger partial charge in [0.05, 0.1) is 0 Å². The molecule has 0 radical (unpaired) electrons. The molecule has 0 fully saturated rings. The van der Waals surface area contributed by atoms with E-state index < -0.39 is 24.0 Å². The zero-order valence-electron chi connectivity index (χ0n) is 15.3. The van der Waals surface area contributed by atoms with Gasteiger partial charge in [0.15, 0.2) is 18.2 Å². The highest BCUT2D eigenvalue weighted by atomic mass is 19.1. The van der Waals surface area contributed by atoms with Gasteiger partial charge in [0.2, 0.25) is 5.78 Å². The van der Waals surface area contributed by atoms with Crippen LogP contribution in [0.2, 0.25) is 0 Å². The fourth-order valence-corrected chi connectivity index (χ4v) is 2.79. The van der Waals surface area contributed by atoms with Crippen LogP contribution in [-0.2, 0) is 0 Å². The summed E-state index contributed by atoms with van der Waals surface area (Å²) in [5.41, 5.74) is 4.74. The van der Waals surface area contributed by atoms with Gasteiger partial charge in [-0.25, -0.2) is 8.78 Å². The second kappa shape index (κ2) is 8.04. The Balaban J connectivity index is 1.73. The van der Waals surface area contributed by atoms with Crippen molar-refractivity contribution in [1.29, 1.82) is 0 Å². The molecule has 144 valence electrons. The van der Waals surface area contributed by atoms with E-state index >= 15 is 0 Å². The summed E-state index contributed by atoms with van der Waals surface area (Å²) in [5, 5.41) is 0.